The molecular weight excluding hydrogens is 290 g/mol. The number of nitrogens with zero attached hydrogens (tertiary/aromatic N) is 3. The highest BCUT2D eigenvalue weighted by Gasteiger charge is 2.34. The van der Waals surface area contributed by atoms with Gasteiger partial charge in [-0.3, -0.25) is 4.79 Å². The van der Waals surface area contributed by atoms with E-state index in [-0.39, 0.29) is 6.54 Å². The molecule has 112 valence electrons. The second-order valence-corrected chi connectivity index (χ2v) is 6.61. The minimum atomic E-state index is -0.962. The van der Waals surface area contributed by atoms with Crippen LogP contribution in [0.3, 0.4) is 0 Å². The number of hydrogen-bond donors (Lipinski definition) is 2. The molecule has 2 aromatic heterocycles. The average Bonchev–Trinajstić information content (AvgIpc) is 2.74. The van der Waals surface area contributed by atoms with E-state index in [1.807, 2.05) is 18.7 Å². The molecule has 0 spiro atoms. The van der Waals surface area contributed by atoms with E-state index in [0.29, 0.717) is 13.0 Å². The van der Waals surface area contributed by atoms with Crippen LogP contribution in [0.2, 0.25) is 0 Å². The molecule has 0 unspecified atom stereocenters. The number of aliphatic hydroxyl groups excluding tert-OH is 1. The van der Waals surface area contributed by atoms with Crippen LogP contribution in [-0.2, 0) is 4.79 Å². The molecule has 1 fully saturated rings. The molecule has 0 saturated carbocycles. The summed E-state index contributed by atoms with van der Waals surface area (Å²) in [6.45, 7) is 4.96. The summed E-state index contributed by atoms with van der Waals surface area (Å²) in [4.78, 5) is 24.0. The molecule has 0 aliphatic carbocycles. The van der Waals surface area contributed by atoms with Crippen molar-refractivity contribution in [3.05, 3.63) is 16.8 Å². The van der Waals surface area contributed by atoms with E-state index in [1.165, 1.54) is 11.2 Å². The predicted octanol–water partition coefficient (Wildman–Crippen LogP) is 1.58. The number of carboxylic acid groups (broad SMARTS) is 1. The summed E-state index contributed by atoms with van der Waals surface area (Å²) in [6, 6.07) is 0. The van der Waals surface area contributed by atoms with Gasteiger partial charge in [0.15, 0.2) is 0 Å². The quantitative estimate of drug-likeness (QED) is 0.876. The van der Waals surface area contributed by atoms with Gasteiger partial charge < -0.3 is 15.1 Å². The summed E-state index contributed by atoms with van der Waals surface area (Å²) in [5.74, 6) is -0.959. The van der Waals surface area contributed by atoms with Gasteiger partial charge in [0.2, 0.25) is 0 Å². The maximum Gasteiger partial charge on any atom is 0.310 e. The summed E-state index contributed by atoms with van der Waals surface area (Å²) < 4.78 is 0. The van der Waals surface area contributed by atoms with Gasteiger partial charge in [-0.25, -0.2) is 9.97 Å². The number of hydrogen-bond acceptors (Lipinski definition) is 6. The van der Waals surface area contributed by atoms with Crippen LogP contribution in [-0.4, -0.2) is 45.3 Å². The highest BCUT2D eigenvalue weighted by atomic mass is 32.1. The van der Waals surface area contributed by atoms with Crippen LogP contribution in [0.15, 0.2) is 6.33 Å². The number of rotatable bonds is 2. The zero-order valence-electron chi connectivity index (χ0n) is 11.9. The third-order valence-corrected chi connectivity index (χ3v) is 5.25. The van der Waals surface area contributed by atoms with Crippen molar-refractivity contribution in [2.75, 3.05) is 18.0 Å². The molecule has 2 N–H and O–H groups in total. The summed E-state index contributed by atoms with van der Waals surface area (Å²) in [6.07, 6.45) is 1.17. The molecule has 0 bridgehead atoms. The molecule has 1 aliphatic heterocycles. The smallest absolute Gasteiger partial charge is 0.310 e. The van der Waals surface area contributed by atoms with Gasteiger partial charge in [-0.05, 0) is 25.8 Å². The zero-order chi connectivity index (χ0) is 15.1. The highest BCUT2D eigenvalue weighted by molar-refractivity contribution is 7.18. The lowest BCUT2D eigenvalue weighted by Gasteiger charge is -2.35. The van der Waals surface area contributed by atoms with Gasteiger partial charge >= 0.3 is 5.97 Å². The molecule has 3 rings (SSSR count). The number of aliphatic hydroxyl groups is 1. The number of thiophene rings is 1. The first-order valence-corrected chi connectivity index (χ1v) is 7.67. The normalized spacial score (nSPS) is 22.7. The van der Waals surface area contributed by atoms with E-state index >= 15 is 0 Å². The minimum absolute atomic E-state index is 0.275. The molecule has 2 atom stereocenters. The lowest BCUT2D eigenvalue weighted by atomic mass is 9.94. The molecule has 2 aromatic rings. The van der Waals surface area contributed by atoms with Crippen LogP contribution in [0, 0.1) is 19.8 Å². The standard InChI is InChI=1S/C14H17N3O3S/c1-7-8(2)21-13-11(7)12(15-6-16-13)17-4-3-10(18)9(5-17)14(19)20/h6,9-10,18H,3-5H2,1-2H3,(H,19,20)/t9-,10+/m0/s1. The molecule has 21 heavy (non-hydrogen) atoms. The van der Waals surface area contributed by atoms with Crippen molar-refractivity contribution in [1.82, 2.24) is 9.97 Å². The Kier molecular flexibility index (Phi) is 3.54. The fraction of sp³-hybridized carbons (Fsp3) is 0.500. The van der Waals surface area contributed by atoms with Crippen LogP contribution in [0.25, 0.3) is 10.2 Å². The van der Waals surface area contributed by atoms with Crippen LogP contribution >= 0.6 is 11.3 Å². The van der Waals surface area contributed by atoms with Crippen molar-refractivity contribution in [3.8, 4) is 0 Å². The van der Waals surface area contributed by atoms with E-state index in [2.05, 4.69) is 9.97 Å². The van der Waals surface area contributed by atoms with Crippen LogP contribution in [0.4, 0.5) is 5.82 Å². The maximum absolute atomic E-state index is 11.3. The highest BCUT2D eigenvalue weighted by Crippen LogP contribution is 2.35. The predicted molar refractivity (Wildman–Crippen MR) is 80.9 cm³/mol. The number of piperidine rings is 1. The average molecular weight is 307 g/mol. The number of aryl methyl sites for hydroxylation is 2. The fourth-order valence-electron chi connectivity index (χ4n) is 2.78. The van der Waals surface area contributed by atoms with Gasteiger partial charge in [-0.15, -0.1) is 11.3 Å². The van der Waals surface area contributed by atoms with Crippen LogP contribution < -0.4 is 4.90 Å². The van der Waals surface area contributed by atoms with E-state index in [4.69, 9.17) is 0 Å². The van der Waals surface area contributed by atoms with E-state index in [0.717, 1.165) is 21.6 Å². The minimum Gasteiger partial charge on any atom is -0.481 e. The van der Waals surface area contributed by atoms with Crippen molar-refractivity contribution in [2.45, 2.75) is 26.4 Å². The van der Waals surface area contributed by atoms with Crippen LogP contribution in [0.5, 0.6) is 0 Å². The summed E-state index contributed by atoms with van der Waals surface area (Å²) in [5, 5.41) is 20.1. The Morgan fingerprint density at radius 1 is 1.43 bits per heavy atom. The third-order valence-electron chi connectivity index (χ3n) is 4.14. The topological polar surface area (TPSA) is 86.5 Å². The number of carbonyl (C=O) groups is 1. The number of aliphatic carboxylic acids is 1. The first kappa shape index (κ1) is 14.2. The lowest BCUT2D eigenvalue weighted by Crippen LogP contribution is -2.47. The largest absolute Gasteiger partial charge is 0.481 e. The van der Waals surface area contributed by atoms with Gasteiger partial charge in [0.1, 0.15) is 22.9 Å². The van der Waals surface area contributed by atoms with E-state index in [9.17, 15) is 15.0 Å². The molecule has 6 nitrogen and oxygen atoms in total. The lowest BCUT2D eigenvalue weighted by molar-refractivity contribution is -0.146. The first-order chi connectivity index (χ1) is 9.99. The van der Waals surface area contributed by atoms with Gasteiger partial charge in [0, 0.05) is 18.0 Å². The molecule has 7 heteroatoms. The molecule has 1 aliphatic rings. The summed E-state index contributed by atoms with van der Waals surface area (Å²) in [5.41, 5.74) is 1.14. The molecule has 3 heterocycles. The van der Waals surface area contributed by atoms with Crippen molar-refractivity contribution in [3.63, 3.8) is 0 Å². The monoisotopic (exact) mass is 307 g/mol. The number of aromatic nitrogens is 2. The van der Waals surface area contributed by atoms with Crippen LogP contribution in [0.1, 0.15) is 16.9 Å². The van der Waals surface area contributed by atoms with E-state index < -0.39 is 18.0 Å². The first-order valence-electron chi connectivity index (χ1n) is 6.85. The van der Waals surface area contributed by atoms with Gasteiger partial charge in [0.25, 0.3) is 0 Å². The maximum atomic E-state index is 11.3. The zero-order valence-corrected chi connectivity index (χ0v) is 12.7. The Balaban J connectivity index is 2.03. The van der Waals surface area contributed by atoms with Crippen molar-refractivity contribution in [2.24, 2.45) is 5.92 Å². The Bertz CT molecular complexity index is 700. The Morgan fingerprint density at radius 3 is 2.90 bits per heavy atom. The van der Waals surface area contributed by atoms with Gasteiger partial charge in [-0.2, -0.15) is 0 Å². The molecule has 0 aromatic carbocycles. The second-order valence-electron chi connectivity index (χ2n) is 5.41. The SMILES string of the molecule is Cc1sc2ncnc(N3CC[C@@H](O)[C@@H](C(=O)O)C3)c2c1C. The number of carboxylic acids is 1. The molecule has 0 amide bonds. The Morgan fingerprint density at radius 2 is 2.19 bits per heavy atom. The summed E-state index contributed by atoms with van der Waals surface area (Å²) >= 11 is 1.62. The number of anilines is 1. The molecular formula is C14H17N3O3S. The van der Waals surface area contributed by atoms with Gasteiger partial charge in [-0.1, -0.05) is 0 Å². The Labute approximate surface area is 126 Å². The third kappa shape index (κ3) is 2.36. The van der Waals surface area contributed by atoms with Crippen molar-refractivity contribution >= 4 is 33.3 Å². The van der Waals surface area contributed by atoms with E-state index in [1.54, 1.807) is 11.3 Å². The van der Waals surface area contributed by atoms with Crippen molar-refractivity contribution < 1.29 is 15.0 Å². The fourth-order valence-corrected chi connectivity index (χ4v) is 3.77. The van der Waals surface area contributed by atoms with Gasteiger partial charge in [0.05, 0.1) is 11.5 Å². The second kappa shape index (κ2) is 5.23. The van der Waals surface area contributed by atoms with Crippen molar-refractivity contribution in [1.29, 1.82) is 0 Å². The molecule has 0 radical (unpaired) electrons. The molecule has 1 saturated heterocycles. The number of fused-ring (bicyclic) bond motifs is 1. The summed E-state index contributed by atoms with van der Waals surface area (Å²) in [7, 11) is 0. The Hall–Kier alpha value is -1.73.